The van der Waals surface area contributed by atoms with E-state index in [0.29, 0.717) is 11.6 Å². The third kappa shape index (κ3) is 3.64. The van der Waals surface area contributed by atoms with E-state index in [0.717, 1.165) is 18.0 Å². The Labute approximate surface area is 123 Å². The average molecular weight is 296 g/mol. The van der Waals surface area contributed by atoms with Gasteiger partial charge in [-0.25, -0.2) is 0 Å². The molecule has 0 atom stereocenters. The first kappa shape index (κ1) is 14.2. The van der Waals surface area contributed by atoms with Gasteiger partial charge in [-0.2, -0.15) is 0 Å². The summed E-state index contributed by atoms with van der Waals surface area (Å²) in [5, 5.41) is 4.04. The van der Waals surface area contributed by atoms with Crippen LogP contribution < -0.4 is 10.1 Å². The van der Waals surface area contributed by atoms with Crippen molar-refractivity contribution in [2.24, 2.45) is 0 Å². The van der Waals surface area contributed by atoms with Crippen molar-refractivity contribution in [3.05, 3.63) is 44.6 Å². The van der Waals surface area contributed by atoms with Crippen molar-refractivity contribution in [2.45, 2.75) is 27.3 Å². The molecule has 0 fully saturated rings. The van der Waals surface area contributed by atoms with Gasteiger partial charge in [0.05, 0.1) is 11.6 Å². The highest BCUT2D eigenvalue weighted by molar-refractivity contribution is 7.12. The minimum absolute atomic E-state index is 0.625. The minimum Gasteiger partial charge on any atom is -0.492 e. The maximum atomic E-state index is 6.16. The summed E-state index contributed by atoms with van der Waals surface area (Å²) in [5.74, 6) is 0.734. The quantitative estimate of drug-likeness (QED) is 0.835. The molecule has 0 saturated heterocycles. The topological polar surface area (TPSA) is 21.3 Å². The van der Waals surface area contributed by atoms with Crippen molar-refractivity contribution in [3.8, 4) is 5.75 Å². The molecule has 2 aromatic rings. The summed E-state index contributed by atoms with van der Waals surface area (Å²) in [6.45, 7) is 7.68. The SMILES string of the molecule is CCOc1ccc(NCc2cc(C)sc2C)cc1Cl. The standard InChI is InChI=1S/C15H18ClNOS/c1-4-18-15-6-5-13(8-14(15)16)17-9-12-7-10(2)19-11(12)3/h5-8,17H,4,9H2,1-3H3. The molecule has 2 nitrogen and oxygen atoms in total. The van der Waals surface area contributed by atoms with Gasteiger partial charge in [-0.15, -0.1) is 11.3 Å². The lowest BCUT2D eigenvalue weighted by molar-refractivity contribution is 0.340. The van der Waals surface area contributed by atoms with E-state index in [1.54, 1.807) is 0 Å². The Morgan fingerprint density at radius 2 is 2.05 bits per heavy atom. The molecule has 0 bridgehead atoms. The molecule has 0 saturated carbocycles. The normalized spacial score (nSPS) is 10.5. The Morgan fingerprint density at radius 1 is 1.26 bits per heavy atom. The number of hydrogen-bond donors (Lipinski definition) is 1. The third-order valence-corrected chi connectivity index (χ3v) is 4.16. The number of thiophene rings is 1. The molecule has 0 aliphatic carbocycles. The van der Waals surface area contributed by atoms with Crippen LogP contribution in [0.1, 0.15) is 22.2 Å². The fourth-order valence-corrected chi connectivity index (χ4v) is 3.12. The monoisotopic (exact) mass is 295 g/mol. The maximum Gasteiger partial charge on any atom is 0.138 e. The molecule has 1 heterocycles. The number of ether oxygens (including phenoxy) is 1. The fourth-order valence-electron chi connectivity index (χ4n) is 1.94. The molecule has 4 heteroatoms. The minimum atomic E-state index is 0.625. The van der Waals surface area contributed by atoms with Gasteiger partial charge in [-0.1, -0.05) is 11.6 Å². The van der Waals surface area contributed by atoms with Crippen LogP contribution in [-0.2, 0) is 6.54 Å². The second kappa shape index (κ2) is 6.31. The largest absolute Gasteiger partial charge is 0.492 e. The van der Waals surface area contributed by atoms with E-state index in [-0.39, 0.29) is 0 Å². The Kier molecular flexibility index (Phi) is 4.72. The molecule has 1 aromatic heterocycles. The first-order chi connectivity index (χ1) is 9.10. The highest BCUT2D eigenvalue weighted by Crippen LogP contribution is 2.28. The van der Waals surface area contributed by atoms with Crippen molar-refractivity contribution in [1.82, 2.24) is 0 Å². The number of aryl methyl sites for hydroxylation is 2. The van der Waals surface area contributed by atoms with Gasteiger partial charge < -0.3 is 10.1 Å². The zero-order chi connectivity index (χ0) is 13.8. The Morgan fingerprint density at radius 3 is 2.63 bits per heavy atom. The van der Waals surface area contributed by atoms with Crippen LogP contribution in [0.3, 0.4) is 0 Å². The molecule has 19 heavy (non-hydrogen) atoms. The van der Waals surface area contributed by atoms with Gasteiger partial charge >= 0.3 is 0 Å². The van der Waals surface area contributed by atoms with Gasteiger partial charge in [-0.05, 0) is 50.6 Å². The summed E-state index contributed by atoms with van der Waals surface area (Å²) in [6.07, 6.45) is 0. The third-order valence-electron chi connectivity index (χ3n) is 2.86. The second-order valence-corrected chi connectivity index (χ2v) is 6.24. The van der Waals surface area contributed by atoms with Gasteiger partial charge in [0.1, 0.15) is 5.75 Å². The Hall–Kier alpha value is -1.19. The number of rotatable bonds is 5. The van der Waals surface area contributed by atoms with Crippen molar-refractivity contribution in [2.75, 3.05) is 11.9 Å². The number of anilines is 1. The molecule has 0 aliphatic heterocycles. The molecule has 0 radical (unpaired) electrons. The van der Waals surface area contributed by atoms with Gasteiger partial charge in [0.15, 0.2) is 0 Å². The van der Waals surface area contributed by atoms with Crippen LogP contribution in [0.5, 0.6) is 5.75 Å². The highest BCUT2D eigenvalue weighted by Gasteiger charge is 2.05. The van der Waals surface area contributed by atoms with Gasteiger partial charge in [0, 0.05) is 22.0 Å². The lowest BCUT2D eigenvalue weighted by Gasteiger charge is -2.09. The Bertz CT molecular complexity index is 565. The lowest BCUT2D eigenvalue weighted by Crippen LogP contribution is -2.00. The molecular weight excluding hydrogens is 278 g/mol. The smallest absolute Gasteiger partial charge is 0.138 e. The summed E-state index contributed by atoms with van der Waals surface area (Å²) >= 11 is 7.99. The first-order valence-corrected chi connectivity index (χ1v) is 7.51. The van der Waals surface area contributed by atoms with Crippen LogP contribution in [0, 0.1) is 13.8 Å². The summed E-state index contributed by atoms with van der Waals surface area (Å²) in [4.78, 5) is 2.71. The fraction of sp³-hybridized carbons (Fsp3) is 0.333. The van der Waals surface area contributed by atoms with Crippen LogP contribution in [0.4, 0.5) is 5.69 Å². The molecule has 1 aromatic carbocycles. The zero-order valence-corrected chi connectivity index (χ0v) is 13.0. The number of benzene rings is 1. The molecule has 102 valence electrons. The van der Waals surface area contributed by atoms with Gasteiger partial charge in [0.25, 0.3) is 0 Å². The van der Waals surface area contributed by atoms with Crippen LogP contribution in [0.2, 0.25) is 5.02 Å². The van der Waals surface area contributed by atoms with E-state index >= 15 is 0 Å². The van der Waals surface area contributed by atoms with Gasteiger partial charge in [0.2, 0.25) is 0 Å². The van der Waals surface area contributed by atoms with Crippen molar-refractivity contribution in [3.63, 3.8) is 0 Å². The lowest BCUT2D eigenvalue weighted by atomic mass is 10.2. The highest BCUT2D eigenvalue weighted by atomic mass is 35.5. The van der Waals surface area contributed by atoms with E-state index in [4.69, 9.17) is 16.3 Å². The molecule has 0 unspecified atom stereocenters. The van der Waals surface area contributed by atoms with Crippen LogP contribution >= 0.6 is 22.9 Å². The first-order valence-electron chi connectivity index (χ1n) is 6.32. The summed E-state index contributed by atoms with van der Waals surface area (Å²) in [5.41, 5.74) is 2.35. The van der Waals surface area contributed by atoms with Crippen LogP contribution in [0.25, 0.3) is 0 Å². The van der Waals surface area contributed by atoms with Crippen LogP contribution in [0.15, 0.2) is 24.3 Å². The molecular formula is C15H18ClNOS. The number of halogens is 1. The predicted molar refractivity (Wildman–Crippen MR) is 83.7 cm³/mol. The number of hydrogen-bond acceptors (Lipinski definition) is 3. The summed E-state index contributed by atoms with van der Waals surface area (Å²) < 4.78 is 5.42. The van der Waals surface area contributed by atoms with E-state index in [9.17, 15) is 0 Å². The van der Waals surface area contributed by atoms with Crippen molar-refractivity contribution >= 4 is 28.6 Å². The Balaban J connectivity index is 2.04. The molecule has 0 aliphatic rings. The number of nitrogens with one attached hydrogen (secondary N) is 1. The van der Waals surface area contributed by atoms with Crippen molar-refractivity contribution in [1.29, 1.82) is 0 Å². The second-order valence-electron chi connectivity index (χ2n) is 4.37. The molecule has 1 N–H and O–H groups in total. The van der Waals surface area contributed by atoms with E-state index in [2.05, 4.69) is 25.2 Å². The average Bonchev–Trinajstić information content (AvgIpc) is 2.68. The predicted octanol–water partition coefficient (Wildman–Crippen LogP) is 5.03. The maximum absolute atomic E-state index is 6.16. The van der Waals surface area contributed by atoms with E-state index < -0.39 is 0 Å². The van der Waals surface area contributed by atoms with E-state index in [1.165, 1.54) is 15.3 Å². The summed E-state index contributed by atoms with van der Waals surface area (Å²) in [6, 6.07) is 8.02. The molecule has 0 spiro atoms. The molecule has 0 amide bonds. The van der Waals surface area contributed by atoms with Crippen LogP contribution in [-0.4, -0.2) is 6.61 Å². The van der Waals surface area contributed by atoms with Crippen molar-refractivity contribution < 1.29 is 4.74 Å². The zero-order valence-electron chi connectivity index (χ0n) is 11.4. The summed E-state index contributed by atoms with van der Waals surface area (Å²) in [7, 11) is 0. The van der Waals surface area contributed by atoms with Gasteiger partial charge in [-0.3, -0.25) is 0 Å². The molecule has 2 rings (SSSR count). The van der Waals surface area contributed by atoms with E-state index in [1.807, 2.05) is 36.5 Å².